The van der Waals surface area contributed by atoms with Gasteiger partial charge in [0.2, 0.25) is 0 Å². The zero-order valence-corrected chi connectivity index (χ0v) is 8.21. The molecule has 1 rings (SSSR count). The van der Waals surface area contributed by atoms with Crippen molar-refractivity contribution in [1.29, 1.82) is 0 Å². The maximum absolute atomic E-state index is 12.9. The molecular weight excluding hydrogens is 260 g/mol. The van der Waals surface area contributed by atoms with E-state index in [9.17, 15) is 26.3 Å². The van der Waals surface area contributed by atoms with Gasteiger partial charge in [0.1, 0.15) is 5.69 Å². The van der Waals surface area contributed by atoms with Gasteiger partial charge in [-0.2, -0.15) is 13.2 Å². The molecule has 0 atom stereocenters. The lowest BCUT2D eigenvalue weighted by Gasteiger charge is -2.14. The first kappa shape index (κ1) is 13.1. The number of pyridine rings is 1. The molecule has 0 amide bonds. The molecule has 0 radical (unpaired) electrons. The van der Waals surface area contributed by atoms with Gasteiger partial charge in [-0.3, -0.25) is 4.98 Å². The van der Waals surface area contributed by atoms with E-state index in [4.69, 9.17) is 11.6 Å². The van der Waals surface area contributed by atoms with E-state index < -0.39 is 41.1 Å². The van der Waals surface area contributed by atoms with Gasteiger partial charge in [0, 0.05) is 5.56 Å². The SMILES string of the molecule is Fc1cnc(C(F)F)c(CCl)c1C(F)(F)F. The zero-order valence-electron chi connectivity index (χ0n) is 7.45. The summed E-state index contributed by atoms with van der Waals surface area (Å²) in [7, 11) is 0. The number of rotatable bonds is 2. The minimum absolute atomic E-state index is 0.111. The van der Waals surface area contributed by atoms with Crippen LogP contribution in [0, 0.1) is 5.82 Å². The molecule has 0 saturated heterocycles. The molecule has 1 nitrogen and oxygen atoms in total. The fourth-order valence-corrected chi connectivity index (χ4v) is 1.44. The molecule has 8 heteroatoms. The minimum atomic E-state index is -5.08. The fourth-order valence-electron chi connectivity index (χ4n) is 1.17. The van der Waals surface area contributed by atoms with E-state index >= 15 is 0 Å². The third-order valence-corrected chi connectivity index (χ3v) is 2.06. The summed E-state index contributed by atoms with van der Waals surface area (Å²) in [4.78, 5) is 2.91. The van der Waals surface area contributed by atoms with Gasteiger partial charge in [-0.1, -0.05) is 0 Å². The van der Waals surface area contributed by atoms with Gasteiger partial charge in [-0.05, 0) is 0 Å². The summed E-state index contributed by atoms with van der Waals surface area (Å²) in [5.74, 6) is -2.60. The maximum atomic E-state index is 12.9. The van der Waals surface area contributed by atoms with Crippen molar-refractivity contribution >= 4 is 11.6 Å². The molecule has 0 bridgehead atoms. The Bertz CT molecular complexity index is 389. The van der Waals surface area contributed by atoms with Gasteiger partial charge < -0.3 is 0 Å². The summed E-state index contributed by atoms with van der Waals surface area (Å²) in [6, 6.07) is 0. The van der Waals surface area contributed by atoms with Crippen LogP contribution in [0.15, 0.2) is 6.20 Å². The van der Waals surface area contributed by atoms with E-state index in [1.165, 1.54) is 0 Å². The van der Waals surface area contributed by atoms with Crippen molar-refractivity contribution in [2.45, 2.75) is 18.5 Å². The van der Waals surface area contributed by atoms with Crippen LogP contribution in [0.3, 0.4) is 0 Å². The maximum Gasteiger partial charge on any atom is 0.419 e. The molecular formula is C8H4ClF6N. The predicted molar refractivity (Wildman–Crippen MR) is 43.7 cm³/mol. The van der Waals surface area contributed by atoms with Crippen LogP contribution >= 0.6 is 11.6 Å². The number of hydrogen-bond acceptors (Lipinski definition) is 1. The van der Waals surface area contributed by atoms with Crippen LogP contribution < -0.4 is 0 Å². The van der Waals surface area contributed by atoms with Crippen LogP contribution in [0.5, 0.6) is 0 Å². The Labute approximate surface area is 91.0 Å². The molecule has 0 fully saturated rings. The third-order valence-electron chi connectivity index (χ3n) is 1.79. The summed E-state index contributed by atoms with van der Waals surface area (Å²) in [6.07, 6.45) is -8.21. The van der Waals surface area contributed by atoms with Crippen molar-refractivity contribution in [2.24, 2.45) is 0 Å². The second-order valence-electron chi connectivity index (χ2n) is 2.78. The van der Waals surface area contributed by atoms with Crippen LogP contribution in [-0.2, 0) is 12.1 Å². The van der Waals surface area contributed by atoms with Gasteiger partial charge in [0.15, 0.2) is 5.82 Å². The topological polar surface area (TPSA) is 12.9 Å². The summed E-state index contributed by atoms with van der Waals surface area (Å²) in [6.45, 7) is 0. The molecule has 1 heterocycles. The first-order valence-corrected chi connectivity index (χ1v) is 4.41. The number of nitrogens with zero attached hydrogens (tertiary/aromatic N) is 1. The lowest BCUT2D eigenvalue weighted by molar-refractivity contribution is -0.140. The standard InChI is InChI=1S/C8H4ClF6N/c9-1-3-5(8(13,14)15)4(10)2-16-6(3)7(11)12/h2,7H,1H2. The highest BCUT2D eigenvalue weighted by molar-refractivity contribution is 6.17. The summed E-state index contributed by atoms with van der Waals surface area (Å²) in [5.41, 5.74) is -3.96. The average molecular weight is 264 g/mol. The van der Waals surface area contributed by atoms with Crippen LogP contribution in [0.25, 0.3) is 0 Å². The summed E-state index contributed by atoms with van der Waals surface area (Å²) in [5, 5.41) is 0. The van der Waals surface area contributed by atoms with E-state index in [2.05, 4.69) is 4.98 Å². The first-order valence-electron chi connectivity index (χ1n) is 3.87. The van der Waals surface area contributed by atoms with Gasteiger partial charge in [0.05, 0.1) is 17.6 Å². The van der Waals surface area contributed by atoms with Crippen molar-refractivity contribution < 1.29 is 26.3 Å². The molecule has 0 aliphatic carbocycles. The van der Waals surface area contributed by atoms with Crippen molar-refractivity contribution in [3.63, 3.8) is 0 Å². The lowest BCUT2D eigenvalue weighted by Crippen LogP contribution is -2.15. The largest absolute Gasteiger partial charge is 0.419 e. The highest BCUT2D eigenvalue weighted by Crippen LogP contribution is 2.37. The smallest absolute Gasteiger partial charge is 0.252 e. The highest BCUT2D eigenvalue weighted by Gasteiger charge is 2.39. The molecule has 1 aromatic heterocycles. The Hall–Kier alpha value is -0.980. The third kappa shape index (κ3) is 2.40. The Balaban J connectivity index is 3.51. The van der Waals surface area contributed by atoms with Gasteiger partial charge >= 0.3 is 6.18 Å². The predicted octanol–water partition coefficient (Wildman–Crippen LogP) is 3.92. The Kier molecular flexibility index (Phi) is 3.67. The zero-order chi connectivity index (χ0) is 12.5. The van der Waals surface area contributed by atoms with E-state index in [-0.39, 0.29) is 6.20 Å². The molecule has 16 heavy (non-hydrogen) atoms. The molecule has 0 aromatic carbocycles. The van der Waals surface area contributed by atoms with Gasteiger partial charge in [-0.15, -0.1) is 11.6 Å². The Morgan fingerprint density at radius 3 is 2.25 bits per heavy atom. The molecule has 90 valence electrons. The van der Waals surface area contributed by atoms with Gasteiger partial charge in [0.25, 0.3) is 6.43 Å². The van der Waals surface area contributed by atoms with Crippen molar-refractivity contribution in [2.75, 3.05) is 0 Å². The van der Waals surface area contributed by atoms with E-state index in [1.807, 2.05) is 0 Å². The van der Waals surface area contributed by atoms with Crippen LogP contribution in [0.4, 0.5) is 26.3 Å². The average Bonchev–Trinajstić information content (AvgIpc) is 2.14. The van der Waals surface area contributed by atoms with E-state index in [0.29, 0.717) is 0 Å². The molecule has 0 aliphatic heterocycles. The normalized spacial score (nSPS) is 12.2. The quantitative estimate of drug-likeness (QED) is 0.582. The number of aromatic nitrogens is 1. The first-order chi connectivity index (χ1) is 7.29. The van der Waals surface area contributed by atoms with Gasteiger partial charge in [-0.25, -0.2) is 13.2 Å². The monoisotopic (exact) mass is 263 g/mol. The van der Waals surface area contributed by atoms with Crippen molar-refractivity contribution in [1.82, 2.24) is 4.98 Å². The molecule has 0 spiro atoms. The number of hydrogen-bond donors (Lipinski definition) is 0. The molecule has 0 aliphatic rings. The van der Waals surface area contributed by atoms with E-state index in [1.54, 1.807) is 0 Å². The molecule has 1 aromatic rings. The number of halogens is 7. The van der Waals surface area contributed by atoms with Crippen LogP contribution in [-0.4, -0.2) is 4.98 Å². The fraction of sp³-hybridized carbons (Fsp3) is 0.375. The second-order valence-corrected chi connectivity index (χ2v) is 3.04. The minimum Gasteiger partial charge on any atom is -0.252 e. The lowest BCUT2D eigenvalue weighted by atomic mass is 10.1. The van der Waals surface area contributed by atoms with Crippen molar-refractivity contribution in [3.8, 4) is 0 Å². The second kappa shape index (κ2) is 4.48. The molecule has 0 unspecified atom stereocenters. The summed E-state index contributed by atoms with van der Waals surface area (Å²) >= 11 is 5.12. The molecule has 0 N–H and O–H groups in total. The van der Waals surface area contributed by atoms with Crippen molar-refractivity contribution in [3.05, 3.63) is 28.8 Å². The van der Waals surface area contributed by atoms with Crippen LogP contribution in [0.2, 0.25) is 0 Å². The molecule has 0 saturated carbocycles. The number of alkyl halides is 6. The van der Waals surface area contributed by atoms with Crippen LogP contribution in [0.1, 0.15) is 23.2 Å². The highest BCUT2D eigenvalue weighted by atomic mass is 35.5. The Morgan fingerprint density at radius 1 is 1.31 bits per heavy atom. The van der Waals surface area contributed by atoms with E-state index in [0.717, 1.165) is 0 Å². The summed E-state index contributed by atoms with van der Waals surface area (Å²) < 4.78 is 74.6. The Morgan fingerprint density at radius 2 is 1.88 bits per heavy atom.